The number of sulfonamides is 1. The predicted molar refractivity (Wildman–Crippen MR) is 143 cm³/mol. The van der Waals surface area contributed by atoms with Crippen LogP contribution in [-0.4, -0.2) is 55.4 Å². The van der Waals surface area contributed by atoms with Crippen LogP contribution < -0.4 is 0 Å². The summed E-state index contributed by atoms with van der Waals surface area (Å²) in [6.45, 7) is 5.65. The molecule has 0 aliphatic rings. The van der Waals surface area contributed by atoms with Crippen molar-refractivity contribution in [2.75, 3.05) is 19.7 Å². The maximum atomic E-state index is 13.4. The van der Waals surface area contributed by atoms with Crippen molar-refractivity contribution >= 4 is 30.3 Å². The van der Waals surface area contributed by atoms with Crippen LogP contribution in [0, 0.1) is 20.8 Å². The zero-order chi connectivity index (χ0) is 28.1. The molecular weight excluding hydrogens is 550 g/mol. The van der Waals surface area contributed by atoms with Gasteiger partial charge in [0.15, 0.2) is 0 Å². The van der Waals surface area contributed by atoms with Crippen LogP contribution in [0.15, 0.2) is 87.5 Å². The lowest BCUT2D eigenvalue weighted by Crippen LogP contribution is -2.40. The summed E-state index contributed by atoms with van der Waals surface area (Å²) in [5, 5.41) is 0. The lowest BCUT2D eigenvalue weighted by molar-refractivity contribution is 0.182. The average Bonchev–Trinajstić information content (AvgIpc) is 2.84. The van der Waals surface area contributed by atoms with Gasteiger partial charge in [0.05, 0.1) is 27.4 Å². The standard InChI is InChI=1S/C26H31NO8S3/c1-20-5-11-24(12-6-20)36(28,29)27(17-18-34-37(30,31)25-13-7-21(2)8-14-25)19-23(4)35-38(32,33)26-15-9-22(3)10-16-26/h5-16,23H,17-19H2,1-4H3. The van der Waals surface area contributed by atoms with Gasteiger partial charge in [0.25, 0.3) is 20.2 Å². The van der Waals surface area contributed by atoms with E-state index in [-0.39, 0.29) is 27.8 Å². The van der Waals surface area contributed by atoms with Crippen molar-refractivity contribution in [3.8, 4) is 0 Å². The minimum Gasteiger partial charge on any atom is -0.265 e. The lowest BCUT2D eigenvalue weighted by atomic mass is 10.2. The number of nitrogens with zero attached hydrogens (tertiary/aromatic N) is 1. The topological polar surface area (TPSA) is 124 Å². The molecule has 3 rings (SSSR count). The van der Waals surface area contributed by atoms with Gasteiger partial charge < -0.3 is 0 Å². The molecule has 0 saturated carbocycles. The molecule has 0 radical (unpaired) electrons. The molecule has 0 saturated heterocycles. The van der Waals surface area contributed by atoms with Gasteiger partial charge in [-0.25, -0.2) is 8.42 Å². The molecule has 0 aliphatic carbocycles. The van der Waals surface area contributed by atoms with Crippen molar-refractivity contribution in [2.24, 2.45) is 0 Å². The second kappa shape index (κ2) is 12.1. The van der Waals surface area contributed by atoms with E-state index in [2.05, 4.69) is 0 Å². The molecule has 9 nitrogen and oxygen atoms in total. The summed E-state index contributed by atoms with van der Waals surface area (Å²) in [6.07, 6.45) is -1.09. The second-order valence-electron chi connectivity index (χ2n) is 8.94. The van der Waals surface area contributed by atoms with E-state index in [9.17, 15) is 25.3 Å². The molecule has 0 spiro atoms. The molecule has 0 aromatic heterocycles. The monoisotopic (exact) mass is 581 g/mol. The van der Waals surface area contributed by atoms with Crippen LogP contribution in [0.5, 0.6) is 0 Å². The van der Waals surface area contributed by atoms with E-state index in [4.69, 9.17) is 8.37 Å². The number of aryl methyl sites for hydroxylation is 3. The Labute approximate surface area is 225 Å². The first-order valence-corrected chi connectivity index (χ1v) is 16.0. The van der Waals surface area contributed by atoms with Gasteiger partial charge in [-0.3, -0.25) is 8.37 Å². The molecule has 3 aromatic rings. The smallest absolute Gasteiger partial charge is 0.265 e. The highest BCUT2D eigenvalue weighted by molar-refractivity contribution is 7.89. The third-order valence-electron chi connectivity index (χ3n) is 5.61. The predicted octanol–water partition coefficient (Wildman–Crippen LogP) is 3.80. The van der Waals surface area contributed by atoms with Crippen LogP contribution in [0.1, 0.15) is 23.6 Å². The van der Waals surface area contributed by atoms with Crippen LogP contribution >= 0.6 is 0 Å². The summed E-state index contributed by atoms with van der Waals surface area (Å²) in [4.78, 5) is -0.148. The molecule has 0 bridgehead atoms. The van der Waals surface area contributed by atoms with Crippen molar-refractivity contribution in [3.63, 3.8) is 0 Å². The maximum Gasteiger partial charge on any atom is 0.297 e. The Morgan fingerprint density at radius 2 is 1.03 bits per heavy atom. The normalized spacial score (nSPS) is 13.5. The van der Waals surface area contributed by atoms with Gasteiger partial charge in [0.2, 0.25) is 10.0 Å². The quantitative estimate of drug-likeness (QED) is 0.296. The summed E-state index contributed by atoms with van der Waals surface area (Å²) in [5.74, 6) is 0. The van der Waals surface area contributed by atoms with Crippen molar-refractivity contribution in [3.05, 3.63) is 89.5 Å². The molecule has 3 aromatic carbocycles. The first kappa shape index (κ1) is 29.9. The highest BCUT2D eigenvalue weighted by Crippen LogP contribution is 2.21. The number of rotatable bonds is 12. The molecule has 0 heterocycles. The first-order chi connectivity index (χ1) is 17.7. The van der Waals surface area contributed by atoms with E-state index < -0.39 is 43.0 Å². The fraction of sp³-hybridized carbons (Fsp3) is 0.308. The molecule has 0 fully saturated rings. The van der Waals surface area contributed by atoms with E-state index in [0.29, 0.717) is 0 Å². The van der Waals surface area contributed by atoms with Crippen LogP contribution in [0.25, 0.3) is 0 Å². The van der Waals surface area contributed by atoms with Gasteiger partial charge in [-0.05, 0) is 64.1 Å². The summed E-state index contributed by atoms with van der Waals surface area (Å²) in [5.41, 5.74) is 2.59. The third kappa shape index (κ3) is 7.71. The highest BCUT2D eigenvalue weighted by Gasteiger charge is 2.29. The SMILES string of the molecule is Cc1ccc(S(=O)(=O)OCCN(CC(C)OS(=O)(=O)c2ccc(C)cc2)S(=O)(=O)c2ccc(C)cc2)cc1. The van der Waals surface area contributed by atoms with Gasteiger partial charge in [-0.15, -0.1) is 0 Å². The minimum absolute atomic E-state index is 0.0296. The van der Waals surface area contributed by atoms with Crippen molar-refractivity contribution in [2.45, 2.75) is 48.5 Å². The van der Waals surface area contributed by atoms with Gasteiger partial charge >= 0.3 is 0 Å². The van der Waals surface area contributed by atoms with Gasteiger partial charge in [0, 0.05) is 13.1 Å². The number of benzene rings is 3. The minimum atomic E-state index is -4.17. The summed E-state index contributed by atoms with van der Waals surface area (Å²) in [7, 11) is -12.4. The highest BCUT2D eigenvalue weighted by atomic mass is 32.2. The molecule has 0 N–H and O–H groups in total. The van der Waals surface area contributed by atoms with Crippen LogP contribution in [0.3, 0.4) is 0 Å². The molecule has 12 heteroatoms. The zero-order valence-corrected chi connectivity index (χ0v) is 24.0. The van der Waals surface area contributed by atoms with E-state index in [1.54, 1.807) is 36.4 Å². The summed E-state index contributed by atoms with van der Waals surface area (Å²) < 4.78 is 88.8. The number of hydrogen-bond acceptors (Lipinski definition) is 8. The van der Waals surface area contributed by atoms with Gasteiger partial charge in [0.1, 0.15) is 0 Å². The summed E-state index contributed by atoms with van der Waals surface area (Å²) in [6, 6.07) is 18.2. The van der Waals surface area contributed by atoms with Crippen molar-refractivity contribution in [1.82, 2.24) is 4.31 Å². The first-order valence-electron chi connectivity index (χ1n) is 11.7. The van der Waals surface area contributed by atoms with E-state index >= 15 is 0 Å². The van der Waals surface area contributed by atoms with Crippen LogP contribution in [-0.2, 0) is 38.6 Å². The Balaban J connectivity index is 1.80. The molecule has 0 aliphatic heterocycles. The average molecular weight is 582 g/mol. The Bertz CT molecular complexity index is 1550. The number of hydrogen-bond donors (Lipinski definition) is 0. The molecule has 1 atom stereocenters. The Hall–Kier alpha value is -2.61. The van der Waals surface area contributed by atoms with Crippen molar-refractivity contribution < 1.29 is 33.6 Å². The zero-order valence-electron chi connectivity index (χ0n) is 21.6. The largest absolute Gasteiger partial charge is 0.297 e. The summed E-state index contributed by atoms with van der Waals surface area (Å²) >= 11 is 0. The maximum absolute atomic E-state index is 13.4. The van der Waals surface area contributed by atoms with Crippen LogP contribution in [0.2, 0.25) is 0 Å². The second-order valence-corrected chi connectivity index (χ2v) is 14.1. The fourth-order valence-corrected chi connectivity index (χ4v) is 6.96. The molecule has 0 amide bonds. The van der Waals surface area contributed by atoms with E-state index in [1.165, 1.54) is 43.3 Å². The third-order valence-corrected chi connectivity index (χ3v) is 10.2. The van der Waals surface area contributed by atoms with Gasteiger partial charge in [-0.1, -0.05) is 53.1 Å². The van der Waals surface area contributed by atoms with Crippen LogP contribution in [0.4, 0.5) is 0 Å². The fourth-order valence-electron chi connectivity index (χ4n) is 3.48. The van der Waals surface area contributed by atoms with Crippen molar-refractivity contribution in [1.29, 1.82) is 0 Å². The molecule has 206 valence electrons. The Morgan fingerprint density at radius 3 is 1.47 bits per heavy atom. The van der Waals surface area contributed by atoms with Gasteiger partial charge in [-0.2, -0.15) is 21.1 Å². The Morgan fingerprint density at radius 1 is 0.632 bits per heavy atom. The Kier molecular flexibility index (Phi) is 9.50. The van der Waals surface area contributed by atoms with E-state index in [0.717, 1.165) is 21.0 Å². The molecule has 38 heavy (non-hydrogen) atoms. The van der Waals surface area contributed by atoms with E-state index in [1.807, 2.05) is 20.8 Å². The molecule has 1 unspecified atom stereocenters. The lowest BCUT2D eigenvalue weighted by Gasteiger charge is -2.25. The molecular formula is C26H31NO8S3.